The van der Waals surface area contributed by atoms with Gasteiger partial charge in [-0.2, -0.15) is 0 Å². The van der Waals surface area contributed by atoms with Crippen molar-refractivity contribution in [3.8, 4) is 0 Å². The minimum absolute atomic E-state index is 0.135. The number of hydrogen-bond acceptors (Lipinski definition) is 8. The van der Waals surface area contributed by atoms with Gasteiger partial charge in [-0.05, 0) is 24.0 Å². The average molecular weight is 390 g/mol. The lowest BCUT2D eigenvalue weighted by molar-refractivity contribution is -0.241. The molecule has 3 rings (SSSR count). The van der Waals surface area contributed by atoms with Crippen molar-refractivity contribution in [2.45, 2.75) is 52.1 Å². The van der Waals surface area contributed by atoms with Gasteiger partial charge < -0.3 is 18.9 Å². The van der Waals surface area contributed by atoms with E-state index < -0.39 is 47.3 Å². The number of carbonyl (C=O) groups is 4. The summed E-state index contributed by atoms with van der Waals surface area (Å²) >= 11 is 0. The Labute approximate surface area is 162 Å². The molecule has 8 heteroatoms. The zero-order valence-electron chi connectivity index (χ0n) is 16.1. The van der Waals surface area contributed by atoms with E-state index in [0.717, 1.165) is 11.1 Å². The van der Waals surface area contributed by atoms with Gasteiger partial charge in [0.25, 0.3) is 11.6 Å². The molecule has 0 aliphatic carbocycles. The molecule has 0 saturated carbocycles. The maximum atomic E-state index is 12.1. The zero-order valence-corrected chi connectivity index (χ0v) is 16.1. The summed E-state index contributed by atoms with van der Waals surface area (Å²) in [6, 6.07) is 6.89. The Morgan fingerprint density at radius 1 is 0.607 bits per heavy atom. The van der Waals surface area contributed by atoms with E-state index in [1.807, 2.05) is 0 Å². The third-order valence-corrected chi connectivity index (χ3v) is 4.43. The van der Waals surface area contributed by atoms with E-state index in [-0.39, 0.29) is 12.8 Å². The Kier molecular flexibility index (Phi) is 4.91. The van der Waals surface area contributed by atoms with Crippen molar-refractivity contribution >= 4 is 23.9 Å². The lowest BCUT2D eigenvalue weighted by Gasteiger charge is -2.33. The number of esters is 4. The number of ether oxygens (including phenoxy) is 4. The van der Waals surface area contributed by atoms with Crippen LogP contribution in [0, 0.1) is 11.8 Å². The topological polar surface area (TPSA) is 105 Å². The molecular weight excluding hydrogens is 368 g/mol. The fourth-order valence-corrected chi connectivity index (χ4v) is 3.10. The molecule has 2 aliphatic rings. The van der Waals surface area contributed by atoms with Gasteiger partial charge in [0.2, 0.25) is 0 Å². The molecule has 8 nitrogen and oxygen atoms in total. The van der Waals surface area contributed by atoms with Crippen LogP contribution in [-0.2, 0) is 51.0 Å². The molecule has 0 spiro atoms. The zero-order chi connectivity index (χ0) is 20.7. The second-order valence-electron chi connectivity index (χ2n) is 7.81. The van der Waals surface area contributed by atoms with E-state index in [4.69, 9.17) is 18.9 Å². The third-order valence-electron chi connectivity index (χ3n) is 4.43. The number of rotatable bonds is 4. The lowest BCUT2D eigenvalue weighted by atomic mass is 9.94. The third kappa shape index (κ3) is 4.32. The predicted molar refractivity (Wildman–Crippen MR) is 93.4 cm³/mol. The fraction of sp³-hybridized carbons (Fsp3) is 0.500. The summed E-state index contributed by atoms with van der Waals surface area (Å²) in [4.78, 5) is 48.2. The van der Waals surface area contributed by atoms with Crippen LogP contribution in [0.4, 0.5) is 0 Å². The van der Waals surface area contributed by atoms with Gasteiger partial charge in [-0.15, -0.1) is 0 Å². The van der Waals surface area contributed by atoms with Crippen LogP contribution in [0.25, 0.3) is 0 Å². The highest BCUT2D eigenvalue weighted by atomic mass is 16.7. The summed E-state index contributed by atoms with van der Waals surface area (Å²) in [5, 5.41) is 0. The molecule has 0 N–H and O–H groups in total. The monoisotopic (exact) mass is 390 g/mol. The average Bonchev–Trinajstić information content (AvgIpc) is 2.54. The maximum absolute atomic E-state index is 12.1. The van der Waals surface area contributed by atoms with Gasteiger partial charge in [-0.1, -0.05) is 24.3 Å². The minimum atomic E-state index is -1.26. The normalized spacial score (nSPS) is 22.1. The Hall–Kier alpha value is -2.90. The smallest absolute Gasteiger partial charge is 0.323 e. The van der Waals surface area contributed by atoms with Crippen molar-refractivity contribution in [2.24, 2.45) is 11.8 Å². The highest BCUT2D eigenvalue weighted by Crippen LogP contribution is 2.27. The van der Waals surface area contributed by atoms with Crippen LogP contribution < -0.4 is 0 Å². The van der Waals surface area contributed by atoms with Crippen LogP contribution in [0.1, 0.15) is 38.8 Å². The summed E-state index contributed by atoms with van der Waals surface area (Å²) in [7, 11) is 0. The largest absolute Gasteiger partial charge is 0.422 e. The molecule has 0 atom stereocenters. The van der Waals surface area contributed by atoms with Crippen LogP contribution in [-0.4, -0.2) is 35.5 Å². The SMILES string of the molecule is CC1(C)OC(=O)C(Cc2ccc(CC3C(=O)OC(C)(C)OC3=O)cc2)C(=O)O1. The molecule has 2 aliphatic heterocycles. The van der Waals surface area contributed by atoms with Crippen molar-refractivity contribution in [3.63, 3.8) is 0 Å². The van der Waals surface area contributed by atoms with Crippen LogP contribution in [0.5, 0.6) is 0 Å². The second kappa shape index (κ2) is 6.92. The molecule has 2 saturated heterocycles. The number of cyclic esters (lactones) is 4. The van der Waals surface area contributed by atoms with Gasteiger partial charge in [0.1, 0.15) is 0 Å². The summed E-state index contributed by atoms with van der Waals surface area (Å²) in [6.45, 7) is 5.98. The minimum Gasteiger partial charge on any atom is -0.422 e. The molecule has 2 heterocycles. The van der Waals surface area contributed by atoms with Crippen molar-refractivity contribution < 1.29 is 38.1 Å². The molecular formula is C20H22O8. The molecule has 0 aromatic heterocycles. The van der Waals surface area contributed by atoms with Gasteiger partial charge >= 0.3 is 23.9 Å². The maximum Gasteiger partial charge on any atom is 0.323 e. The molecule has 0 unspecified atom stereocenters. The molecule has 0 amide bonds. The van der Waals surface area contributed by atoms with Gasteiger partial charge in [-0.25, -0.2) is 0 Å². The van der Waals surface area contributed by atoms with Crippen LogP contribution >= 0.6 is 0 Å². The van der Waals surface area contributed by atoms with Crippen molar-refractivity contribution in [3.05, 3.63) is 35.4 Å². The van der Waals surface area contributed by atoms with Gasteiger partial charge in [0.15, 0.2) is 11.8 Å². The summed E-state index contributed by atoms with van der Waals surface area (Å²) in [6.07, 6.45) is 0.269. The first-order chi connectivity index (χ1) is 13.0. The van der Waals surface area contributed by atoms with Crippen molar-refractivity contribution in [1.82, 2.24) is 0 Å². The second-order valence-corrected chi connectivity index (χ2v) is 7.81. The Morgan fingerprint density at radius 2 is 0.857 bits per heavy atom. The molecule has 150 valence electrons. The number of carbonyl (C=O) groups excluding carboxylic acids is 4. The molecule has 2 fully saturated rings. The van der Waals surface area contributed by atoms with Crippen molar-refractivity contribution in [1.29, 1.82) is 0 Å². The van der Waals surface area contributed by atoms with E-state index in [2.05, 4.69) is 0 Å². The fourth-order valence-electron chi connectivity index (χ4n) is 3.10. The van der Waals surface area contributed by atoms with Gasteiger partial charge in [0, 0.05) is 27.7 Å². The molecule has 0 radical (unpaired) electrons. The molecule has 1 aromatic carbocycles. The first-order valence-corrected chi connectivity index (χ1v) is 8.95. The van der Waals surface area contributed by atoms with Crippen LogP contribution in [0.3, 0.4) is 0 Å². The summed E-state index contributed by atoms with van der Waals surface area (Å²) in [5.41, 5.74) is 1.44. The van der Waals surface area contributed by atoms with Gasteiger partial charge in [-0.3, -0.25) is 19.2 Å². The van der Waals surface area contributed by atoms with E-state index in [1.165, 1.54) is 27.7 Å². The number of benzene rings is 1. The first-order valence-electron chi connectivity index (χ1n) is 8.95. The van der Waals surface area contributed by atoms with E-state index in [9.17, 15) is 19.2 Å². The number of hydrogen-bond donors (Lipinski definition) is 0. The highest BCUT2D eigenvalue weighted by molar-refractivity contribution is 5.97. The van der Waals surface area contributed by atoms with E-state index >= 15 is 0 Å². The molecule has 28 heavy (non-hydrogen) atoms. The molecule has 0 bridgehead atoms. The standard InChI is InChI=1S/C20H22O8/c1-19(2)25-15(21)13(16(22)26-19)9-11-5-7-12(8-6-11)10-14-17(23)27-20(3,4)28-18(14)24/h5-8,13-14H,9-10H2,1-4H3. The predicted octanol–water partition coefficient (Wildman–Crippen LogP) is 1.68. The van der Waals surface area contributed by atoms with E-state index in [0.29, 0.717) is 0 Å². The van der Waals surface area contributed by atoms with Gasteiger partial charge in [0.05, 0.1) is 0 Å². The van der Waals surface area contributed by atoms with Crippen molar-refractivity contribution in [2.75, 3.05) is 0 Å². The molecule has 1 aromatic rings. The van der Waals surface area contributed by atoms with E-state index in [1.54, 1.807) is 24.3 Å². The van der Waals surface area contributed by atoms with Crippen LogP contribution in [0.15, 0.2) is 24.3 Å². The quantitative estimate of drug-likeness (QED) is 0.565. The summed E-state index contributed by atoms with van der Waals surface area (Å²) < 4.78 is 20.4. The lowest BCUT2D eigenvalue weighted by Crippen LogP contribution is -2.47. The summed E-state index contributed by atoms with van der Waals surface area (Å²) in [5.74, 6) is -7.06. The Bertz CT molecular complexity index is 712. The Balaban J connectivity index is 1.64. The Morgan fingerprint density at radius 3 is 1.11 bits per heavy atom. The first kappa shape index (κ1) is 19.9. The highest BCUT2D eigenvalue weighted by Gasteiger charge is 2.44. The van der Waals surface area contributed by atoms with Crippen LogP contribution in [0.2, 0.25) is 0 Å².